The molecule has 4 nitrogen and oxygen atoms in total. The second-order valence-electron chi connectivity index (χ2n) is 5.16. The normalized spacial score (nSPS) is 18.4. The van der Waals surface area contributed by atoms with E-state index in [-0.39, 0.29) is 17.6 Å². The van der Waals surface area contributed by atoms with Crippen molar-refractivity contribution in [3.8, 4) is 5.75 Å². The van der Waals surface area contributed by atoms with Gasteiger partial charge in [0.1, 0.15) is 11.5 Å². The smallest absolute Gasteiger partial charge is 0.223 e. The average molecular weight is 275 g/mol. The van der Waals surface area contributed by atoms with Crippen molar-refractivity contribution < 1.29 is 14.3 Å². The summed E-state index contributed by atoms with van der Waals surface area (Å²) in [4.78, 5) is 25.3. The minimum atomic E-state index is -0.0941. The van der Waals surface area contributed by atoms with Crippen LogP contribution in [-0.2, 0) is 16.0 Å². The summed E-state index contributed by atoms with van der Waals surface area (Å²) in [5.41, 5.74) is 1.17. The monoisotopic (exact) mass is 275 g/mol. The van der Waals surface area contributed by atoms with Crippen LogP contribution in [0.5, 0.6) is 5.75 Å². The highest BCUT2D eigenvalue weighted by Crippen LogP contribution is 2.20. The van der Waals surface area contributed by atoms with Gasteiger partial charge in [-0.05, 0) is 24.1 Å². The van der Waals surface area contributed by atoms with Crippen LogP contribution in [0.2, 0.25) is 0 Å². The Morgan fingerprint density at radius 2 is 2.05 bits per heavy atom. The molecule has 0 aromatic heterocycles. The standard InChI is InChI=1S/C16H21NO3/c1-3-15(18)13-10-16(19)17(11-13)9-8-12-4-6-14(20-2)7-5-12/h4-7,13H,3,8-11H2,1-2H3. The molecule has 1 aromatic carbocycles. The molecule has 20 heavy (non-hydrogen) atoms. The van der Waals surface area contributed by atoms with Gasteiger partial charge in [0, 0.05) is 31.8 Å². The van der Waals surface area contributed by atoms with Gasteiger partial charge in [-0.2, -0.15) is 0 Å². The third-order valence-electron chi connectivity index (χ3n) is 3.85. The van der Waals surface area contributed by atoms with Crippen LogP contribution in [0.25, 0.3) is 0 Å². The number of carbonyl (C=O) groups is 2. The minimum absolute atomic E-state index is 0.0941. The molecule has 2 rings (SSSR count). The number of amides is 1. The molecular weight excluding hydrogens is 254 g/mol. The number of Topliss-reactive ketones (excluding diaryl/α,β-unsaturated/α-hetero) is 1. The Morgan fingerprint density at radius 1 is 1.35 bits per heavy atom. The van der Waals surface area contributed by atoms with Gasteiger partial charge in [0.15, 0.2) is 0 Å². The molecule has 0 radical (unpaired) electrons. The number of nitrogens with zero attached hydrogens (tertiary/aromatic N) is 1. The average Bonchev–Trinajstić information content (AvgIpc) is 2.86. The van der Waals surface area contributed by atoms with Gasteiger partial charge in [0.05, 0.1) is 7.11 Å². The van der Waals surface area contributed by atoms with Crippen molar-refractivity contribution in [1.82, 2.24) is 4.90 Å². The molecule has 0 saturated carbocycles. The number of ketones is 1. The van der Waals surface area contributed by atoms with E-state index in [0.29, 0.717) is 25.9 Å². The molecule has 1 aliphatic heterocycles. The fraction of sp³-hybridized carbons (Fsp3) is 0.500. The molecule has 1 aromatic rings. The number of rotatable bonds is 6. The maximum absolute atomic E-state index is 11.9. The van der Waals surface area contributed by atoms with Crippen LogP contribution in [0.15, 0.2) is 24.3 Å². The van der Waals surface area contributed by atoms with E-state index < -0.39 is 0 Å². The van der Waals surface area contributed by atoms with E-state index >= 15 is 0 Å². The van der Waals surface area contributed by atoms with Crippen molar-refractivity contribution in [3.63, 3.8) is 0 Å². The molecule has 0 N–H and O–H groups in total. The van der Waals surface area contributed by atoms with Gasteiger partial charge in [-0.3, -0.25) is 9.59 Å². The highest BCUT2D eigenvalue weighted by molar-refractivity contribution is 5.90. The summed E-state index contributed by atoms with van der Waals surface area (Å²) in [5, 5.41) is 0. The molecule has 1 unspecified atom stereocenters. The quantitative estimate of drug-likeness (QED) is 0.798. The fourth-order valence-corrected chi connectivity index (χ4v) is 2.55. The highest BCUT2D eigenvalue weighted by atomic mass is 16.5. The Morgan fingerprint density at radius 3 is 2.65 bits per heavy atom. The second-order valence-corrected chi connectivity index (χ2v) is 5.16. The minimum Gasteiger partial charge on any atom is -0.497 e. The first-order valence-corrected chi connectivity index (χ1v) is 7.07. The lowest BCUT2D eigenvalue weighted by atomic mass is 10.0. The summed E-state index contributed by atoms with van der Waals surface area (Å²) in [7, 11) is 1.64. The summed E-state index contributed by atoms with van der Waals surface area (Å²) in [5.74, 6) is 1.04. The van der Waals surface area contributed by atoms with Gasteiger partial charge in [0.2, 0.25) is 5.91 Å². The van der Waals surface area contributed by atoms with Crippen LogP contribution in [0.3, 0.4) is 0 Å². The van der Waals surface area contributed by atoms with E-state index in [2.05, 4.69) is 0 Å². The SMILES string of the molecule is CCC(=O)C1CC(=O)N(CCc2ccc(OC)cc2)C1. The summed E-state index contributed by atoms with van der Waals surface area (Å²) in [6, 6.07) is 7.86. The molecule has 1 aliphatic rings. The largest absolute Gasteiger partial charge is 0.497 e. The van der Waals surface area contributed by atoms with E-state index in [4.69, 9.17) is 4.74 Å². The summed E-state index contributed by atoms with van der Waals surface area (Å²) >= 11 is 0. The van der Waals surface area contributed by atoms with Gasteiger partial charge in [-0.15, -0.1) is 0 Å². The summed E-state index contributed by atoms with van der Waals surface area (Å²) in [6.07, 6.45) is 1.71. The van der Waals surface area contributed by atoms with Crippen LogP contribution >= 0.6 is 0 Å². The zero-order valence-electron chi connectivity index (χ0n) is 12.1. The first-order chi connectivity index (χ1) is 9.63. The summed E-state index contributed by atoms with van der Waals surface area (Å²) < 4.78 is 5.11. The van der Waals surface area contributed by atoms with E-state index in [1.165, 1.54) is 5.56 Å². The molecular formula is C16H21NO3. The Hall–Kier alpha value is -1.84. The van der Waals surface area contributed by atoms with Gasteiger partial charge in [-0.1, -0.05) is 19.1 Å². The maximum atomic E-state index is 11.9. The Labute approximate surface area is 119 Å². The van der Waals surface area contributed by atoms with Crippen molar-refractivity contribution in [2.24, 2.45) is 5.92 Å². The van der Waals surface area contributed by atoms with Crippen molar-refractivity contribution in [3.05, 3.63) is 29.8 Å². The molecule has 1 saturated heterocycles. The topological polar surface area (TPSA) is 46.6 Å². The number of hydrogen-bond donors (Lipinski definition) is 0. The predicted molar refractivity (Wildman–Crippen MR) is 76.7 cm³/mol. The maximum Gasteiger partial charge on any atom is 0.223 e. The molecule has 1 fully saturated rings. The van der Waals surface area contributed by atoms with Crippen LogP contribution in [0.4, 0.5) is 0 Å². The van der Waals surface area contributed by atoms with Crippen molar-refractivity contribution in [1.29, 1.82) is 0 Å². The van der Waals surface area contributed by atoms with Crippen LogP contribution in [0, 0.1) is 5.92 Å². The first-order valence-electron chi connectivity index (χ1n) is 7.07. The predicted octanol–water partition coefficient (Wildman–Crippen LogP) is 2.07. The van der Waals surface area contributed by atoms with E-state index in [1.54, 1.807) is 7.11 Å². The zero-order valence-corrected chi connectivity index (χ0v) is 12.1. The molecule has 0 bridgehead atoms. The van der Waals surface area contributed by atoms with Gasteiger partial charge >= 0.3 is 0 Å². The second kappa shape index (κ2) is 6.55. The summed E-state index contributed by atoms with van der Waals surface area (Å²) in [6.45, 7) is 3.12. The molecule has 4 heteroatoms. The number of methoxy groups -OCH3 is 1. The lowest BCUT2D eigenvalue weighted by Crippen LogP contribution is -2.28. The molecule has 108 valence electrons. The van der Waals surface area contributed by atoms with Gasteiger partial charge in [0.25, 0.3) is 0 Å². The lowest BCUT2D eigenvalue weighted by molar-refractivity contribution is -0.128. The number of likely N-dealkylation sites (tertiary alicyclic amines) is 1. The Bertz CT molecular complexity index is 481. The van der Waals surface area contributed by atoms with Crippen molar-refractivity contribution in [2.75, 3.05) is 20.2 Å². The van der Waals surface area contributed by atoms with Crippen LogP contribution in [0.1, 0.15) is 25.3 Å². The third kappa shape index (κ3) is 3.38. The lowest BCUT2D eigenvalue weighted by Gasteiger charge is -2.16. The van der Waals surface area contributed by atoms with Crippen LogP contribution < -0.4 is 4.74 Å². The first kappa shape index (κ1) is 14.6. The molecule has 0 aliphatic carbocycles. The zero-order chi connectivity index (χ0) is 14.5. The third-order valence-corrected chi connectivity index (χ3v) is 3.85. The number of carbonyl (C=O) groups excluding carboxylic acids is 2. The Kier molecular flexibility index (Phi) is 4.77. The Balaban J connectivity index is 1.87. The van der Waals surface area contributed by atoms with Gasteiger partial charge in [-0.25, -0.2) is 0 Å². The van der Waals surface area contributed by atoms with Gasteiger partial charge < -0.3 is 9.64 Å². The number of hydrogen-bond acceptors (Lipinski definition) is 3. The van der Waals surface area contributed by atoms with Crippen LogP contribution in [-0.4, -0.2) is 36.8 Å². The van der Waals surface area contributed by atoms with Crippen molar-refractivity contribution in [2.45, 2.75) is 26.2 Å². The highest BCUT2D eigenvalue weighted by Gasteiger charge is 2.32. The number of benzene rings is 1. The molecule has 1 heterocycles. The van der Waals surface area contributed by atoms with E-state index in [0.717, 1.165) is 12.2 Å². The molecule has 1 amide bonds. The molecule has 1 atom stereocenters. The number of ether oxygens (including phenoxy) is 1. The van der Waals surface area contributed by atoms with E-state index in [1.807, 2.05) is 36.1 Å². The molecule has 0 spiro atoms. The van der Waals surface area contributed by atoms with E-state index in [9.17, 15) is 9.59 Å². The fourth-order valence-electron chi connectivity index (χ4n) is 2.55. The van der Waals surface area contributed by atoms with Crippen molar-refractivity contribution >= 4 is 11.7 Å².